The zero-order valence-electron chi connectivity index (χ0n) is 15.5. The molecule has 29 heavy (non-hydrogen) atoms. The van der Waals surface area contributed by atoms with Crippen LogP contribution in [0.15, 0.2) is 42.5 Å². The lowest BCUT2D eigenvalue weighted by Crippen LogP contribution is -2.49. The van der Waals surface area contributed by atoms with Gasteiger partial charge in [0.1, 0.15) is 5.69 Å². The maximum absolute atomic E-state index is 12.9. The molecule has 0 radical (unpaired) electrons. The highest BCUT2D eigenvalue weighted by atomic mass is 35.5. The molecule has 0 saturated carbocycles. The molecule has 2 N–H and O–H groups in total. The van der Waals surface area contributed by atoms with E-state index in [4.69, 9.17) is 23.2 Å². The number of halogens is 2. The standard InChI is InChI=1S/C21H19Cl2N3O3/c22-13-1-4-15(5-2-13)25-7-9-26(10-8-25)19(27)12-17-16-11-14(23)3-6-18(16)24-20(17)21(28)29/h1-6,11,24H,7-10,12H2,(H,28,29). The molecule has 0 spiro atoms. The van der Waals surface area contributed by atoms with Gasteiger partial charge in [-0.05, 0) is 42.5 Å². The second kappa shape index (κ2) is 7.97. The Morgan fingerprint density at radius 1 is 0.966 bits per heavy atom. The molecular weight excluding hydrogens is 413 g/mol. The average molecular weight is 432 g/mol. The molecular formula is C21H19Cl2N3O3. The first-order valence-corrected chi connectivity index (χ1v) is 9.99. The molecule has 1 fully saturated rings. The molecule has 0 bridgehead atoms. The van der Waals surface area contributed by atoms with Crippen LogP contribution in [0.1, 0.15) is 16.1 Å². The third kappa shape index (κ3) is 4.04. The fourth-order valence-electron chi connectivity index (χ4n) is 3.72. The van der Waals surface area contributed by atoms with Crippen molar-refractivity contribution in [3.05, 3.63) is 63.8 Å². The summed E-state index contributed by atoms with van der Waals surface area (Å²) in [5, 5.41) is 11.4. The van der Waals surface area contributed by atoms with E-state index in [2.05, 4.69) is 9.88 Å². The van der Waals surface area contributed by atoms with E-state index in [-0.39, 0.29) is 18.0 Å². The summed E-state index contributed by atoms with van der Waals surface area (Å²) in [4.78, 5) is 31.4. The van der Waals surface area contributed by atoms with Crippen molar-refractivity contribution in [1.82, 2.24) is 9.88 Å². The Morgan fingerprint density at radius 3 is 2.28 bits per heavy atom. The topological polar surface area (TPSA) is 76.6 Å². The molecule has 1 amide bonds. The quantitative estimate of drug-likeness (QED) is 0.652. The molecule has 2 aromatic carbocycles. The SMILES string of the molecule is O=C(O)c1[nH]c2ccc(Cl)cc2c1CC(=O)N1CCN(c2ccc(Cl)cc2)CC1. The summed E-state index contributed by atoms with van der Waals surface area (Å²) < 4.78 is 0. The summed E-state index contributed by atoms with van der Waals surface area (Å²) in [6.45, 7) is 2.57. The van der Waals surface area contributed by atoms with Gasteiger partial charge in [0.15, 0.2) is 0 Å². The predicted molar refractivity (Wildman–Crippen MR) is 114 cm³/mol. The number of benzene rings is 2. The van der Waals surface area contributed by atoms with E-state index in [9.17, 15) is 14.7 Å². The number of carbonyl (C=O) groups excluding carboxylic acids is 1. The number of anilines is 1. The van der Waals surface area contributed by atoms with Gasteiger partial charge < -0.3 is 19.9 Å². The van der Waals surface area contributed by atoms with Crippen molar-refractivity contribution in [1.29, 1.82) is 0 Å². The number of fused-ring (bicyclic) bond motifs is 1. The summed E-state index contributed by atoms with van der Waals surface area (Å²) >= 11 is 12.0. The first kappa shape index (κ1) is 19.6. The highest BCUT2D eigenvalue weighted by molar-refractivity contribution is 6.31. The van der Waals surface area contributed by atoms with Crippen molar-refractivity contribution in [3.8, 4) is 0 Å². The molecule has 150 valence electrons. The number of amides is 1. The van der Waals surface area contributed by atoms with Crippen molar-refractivity contribution >= 4 is 51.7 Å². The number of H-pyrrole nitrogens is 1. The van der Waals surface area contributed by atoms with Gasteiger partial charge in [0.25, 0.3) is 0 Å². The Labute approximate surface area is 177 Å². The lowest BCUT2D eigenvalue weighted by Gasteiger charge is -2.36. The minimum absolute atomic E-state index is 0.0168. The van der Waals surface area contributed by atoms with E-state index in [1.54, 1.807) is 23.1 Å². The summed E-state index contributed by atoms with van der Waals surface area (Å²) in [6.07, 6.45) is 0.0168. The molecule has 2 heterocycles. The predicted octanol–water partition coefficient (Wildman–Crippen LogP) is 4.06. The van der Waals surface area contributed by atoms with Crippen LogP contribution in [0.25, 0.3) is 10.9 Å². The lowest BCUT2D eigenvalue weighted by molar-refractivity contribution is -0.130. The Hall–Kier alpha value is -2.70. The van der Waals surface area contributed by atoms with Crippen molar-refractivity contribution in [2.24, 2.45) is 0 Å². The van der Waals surface area contributed by atoms with E-state index in [1.165, 1.54) is 0 Å². The molecule has 1 aromatic heterocycles. The number of carbonyl (C=O) groups is 2. The molecule has 4 rings (SSSR count). The maximum Gasteiger partial charge on any atom is 0.352 e. The largest absolute Gasteiger partial charge is 0.477 e. The van der Waals surface area contributed by atoms with Gasteiger partial charge in [-0.1, -0.05) is 23.2 Å². The van der Waals surface area contributed by atoms with Gasteiger partial charge in [0.2, 0.25) is 5.91 Å². The Morgan fingerprint density at radius 2 is 1.62 bits per heavy atom. The van der Waals surface area contributed by atoms with E-state index in [1.807, 2.05) is 24.3 Å². The van der Waals surface area contributed by atoms with E-state index < -0.39 is 5.97 Å². The number of nitrogens with one attached hydrogen (secondary N) is 1. The molecule has 8 heteroatoms. The number of aromatic amines is 1. The third-order valence-corrected chi connectivity index (χ3v) is 5.72. The van der Waals surface area contributed by atoms with Crippen LogP contribution in [-0.2, 0) is 11.2 Å². The number of aromatic nitrogens is 1. The number of nitrogens with zero attached hydrogens (tertiary/aromatic N) is 2. The second-order valence-corrected chi connectivity index (χ2v) is 7.87. The van der Waals surface area contributed by atoms with Crippen LogP contribution >= 0.6 is 23.2 Å². The highest BCUT2D eigenvalue weighted by Crippen LogP contribution is 2.27. The normalized spacial score (nSPS) is 14.4. The van der Waals surface area contributed by atoms with E-state index >= 15 is 0 Å². The third-order valence-electron chi connectivity index (χ3n) is 5.23. The zero-order valence-corrected chi connectivity index (χ0v) is 17.0. The van der Waals surface area contributed by atoms with Crippen LogP contribution in [0, 0.1) is 0 Å². The summed E-state index contributed by atoms with van der Waals surface area (Å²) in [7, 11) is 0. The molecule has 0 unspecified atom stereocenters. The van der Waals surface area contributed by atoms with Crippen LogP contribution in [-0.4, -0.2) is 53.0 Å². The van der Waals surface area contributed by atoms with Gasteiger partial charge in [0, 0.05) is 58.4 Å². The fraction of sp³-hybridized carbons (Fsp3) is 0.238. The van der Waals surface area contributed by atoms with E-state index in [0.717, 1.165) is 5.69 Å². The van der Waals surface area contributed by atoms with Gasteiger partial charge in [-0.25, -0.2) is 4.79 Å². The molecule has 3 aromatic rings. The lowest BCUT2D eigenvalue weighted by atomic mass is 10.1. The molecule has 1 aliphatic heterocycles. The Kier molecular flexibility index (Phi) is 5.39. The molecule has 1 saturated heterocycles. The summed E-state index contributed by atoms with van der Waals surface area (Å²) in [5.74, 6) is -1.18. The molecule has 0 atom stereocenters. The summed E-state index contributed by atoms with van der Waals surface area (Å²) in [6, 6.07) is 12.7. The first-order chi connectivity index (χ1) is 13.9. The smallest absolute Gasteiger partial charge is 0.352 e. The van der Waals surface area contributed by atoms with Gasteiger partial charge in [-0.2, -0.15) is 0 Å². The van der Waals surface area contributed by atoms with Crippen molar-refractivity contribution in [2.75, 3.05) is 31.1 Å². The van der Waals surface area contributed by atoms with Crippen LogP contribution in [0.4, 0.5) is 5.69 Å². The van der Waals surface area contributed by atoms with Gasteiger partial charge in [-0.3, -0.25) is 4.79 Å². The van der Waals surface area contributed by atoms with E-state index in [0.29, 0.717) is 52.7 Å². The fourth-order valence-corrected chi connectivity index (χ4v) is 4.01. The Balaban J connectivity index is 1.49. The van der Waals surface area contributed by atoms with Crippen molar-refractivity contribution in [2.45, 2.75) is 6.42 Å². The Bertz CT molecular complexity index is 1070. The monoisotopic (exact) mass is 431 g/mol. The maximum atomic E-state index is 12.9. The zero-order chi connectivity index (χ0) is 20.5. The summed E-state index contributed by atoms with van der Waals surface area (Å²) in [5.41, 5.74) is 2.23. The van der Waals surface area contributed by atoms with Crippen molar-refractivity contribution in [3.63, 3.8) is 0 Å². The number of carboxylic acid groups (broad SMARTS) is 1. The number of carboxylic acids is 1. The van der Waals surface area contributed by atoms with Gasteiger partial charge >= 0.3 is 5.97 Å². The molecule has 1 aliphatic rings. The second-order valence-electron chi connectivity index (χ2n) is 6.99. The number of rotatable bonds is 4. The van der Waals surface area contributed by atoms with Gasteiger partial charge in [0.05, 0.1) is 6.42 Å². The van der Waals surface area contributed by atoms with Crippen LogP contribution in [0.2, 0.25) is 10.0 Å². The average Bonchev–Trinajstić information content (AvgIpc) is 3.06. The van der Waals surface area contributed by atoms with Crippen LogP contribution < -0.4 is 4.90 Å². The number of piperazine rings is 1. The van der Waals surface area contributed by atoms with Crippen LogP contribution in [0.5, 0.6) is 0 Å². The number of hydrogen-bond acceptors (Lipinski definition) is 3. The highest BCUT2D eigenvalue weighted by Gasteiger charge is 2.25. The van der Waals surface area contributed by atoms with Crippen LogP contribution in [0.3, 0.4) is 0 Å². The van der Waals surface area contributed by atoms with Crippen molar-refractivity contribution < 1.29 is 14.7 Å². The van der Waals surface area contributed by atoms with Gasteiger partial charge in [-0.15, -0.1) is 0 Å². The number of hydrogen-bond donors (Lipinski definition) is 2. The first-order valence-electron chi connectivity index (χ1n) is 9.24. The number of aromatic carboxylic acids is 1. The molecule has 6 nitrogen and oxygen atoms in total. The minimum atomic E-state index is -1.09. The minimum Gasteiger partial charge on any atom is -0.477 e. The molecule has 0 aliphatic carbocycles.